The molecule has 0 spiro atoms. The Bertz CT molecular complexity index is 676. The molecule has 0 radical (unpaired) electrons. The van der Waals surface area contributed by atoms with E-state index in [0.717, 1.165) is 51.4 Å². The second kappa shape index (κ2) is 6.69. The van der Waals surface area contributed by atoms with E-state index in [1.54, 1.807) is 0 Å². The molecule has 1 aliphatic rings. The molecule has 0 bridgehead atoms. The first-order valence-corrected chi connectivity index (χ1v) is 8.68. The van der Waals surface area contributed by atoms with Crippen LogP contribution in [0.25, 0.3) is 0 Å². The number of hydrogen-bond acceptors (Lipinski definition) is 2. The van der Waals surface area contributed by atoms with Gasteiger partial charge in [-0.25, -0.2) is 0 Å². The predicted octanol–water partition coefficient (Wildman–Crippen LogP) is 5.09. The molecular formula is C16H14Br2ClNO. The maximum atomic E-state index is 6.23. The maximum absolute atomic E-state index is 6.23. The van der Waals surface area contributed by atoms with Gasteiger partial charge in [-0.3, -0.25) is 0 Å². The fourth-order valence-corrected chi connectivity index (χ4v) is 3.77. The molecule has 3 rings (SSSR count). The van der Waals surface area contributed by atoms with Gasteiger partial charge in [0.25, 0.3) is 0 Å². The Kier molecular flexibility index (Phi) is 4.89. The van der Waals surface area contributed by atoms with Gasteiger partial charge in [-0.15, -0.1) is 0 Å². The molecule has 0 atom stereocenters. The van der Waals surface area contributed by atoms with Crippen molar-refractivity contribution in [1.29, 1.82) is 0 Å². The molecule has 0 aromatic heterocycles. The van der Waals surface area contributed by atoms with Crippen LogP contribution in [0.3, 0.4) is 0 Å². The summed E-state index contributed by atoms with van der Waals surface area (Å²) in [5.74, 6) is 1.03. The molecule has 110 valence electrons. The van der Waals surface area contributed by atoms with Gasteiger partial charge in [0.05, 0.1) is 6.61 Å². The Labute approximate surface area is 146 Å². The van der Waals surface area contributed by atoms with Gasteiger partial charge in [-0.05, 0) is 35.4 Å². The van der Waals surface area contributed by atoms with E-state index >= 15 is 0 Å². The Balaban J connectivity index is 1.68. The zero-order chi connectivity index (χ0) is 14.8. The number of rotatable bonds is 4. The minimum absolute atomic E-state index is 0.730. The molecule has 2 aromatic carbocycles. The fourth-order valence-electron chi connectivity index (χ4n) is 2.47. The van der Waals surface area contributed by atoms with Crippen LogP contribution < -0.4 is 10.1 Å². The SMILES string of the molecule is Clc1cc(Br)ccc1CNCc1cc(Br)cc2c1OCC2. The molecule has 2 aromatic rings. The van der Waals surface area contributed by atoms with Gasteiger partial charge in [-0.2, -0.15) is 0 Å². The lowest BCUT2D eigenvalue weighted by Gasteiger charge is -2.11. The number of hydrogen-bond donors (Lipinski definition) is 1. The Hall–Kier alpha value is -0.550. The highest BCUT2D eigenvalue weighted by molar-refractivity contribution is 9.10. The summed E-state index contributed by atoms with van der Waals surface area (Å²) in [6, 6.07) is 10.2. The van der Waals surface area contributed by atoms with Crippen molar-refractivity contribution >= 4 is 43.5 Å². The third-order valence-corrected chi connectivity index (χ3v) is 4.77. The van der Waals surface area contributed by atoms with Crippen molar-refractivity contribution in [2.75, 3.05) is 6.61 Å². The Morgan fingerprint density at radius 1 is 1.05 bits per heavy atom. The summed E-state index contributed by atoms with van der Waals surface area (Å²) in [6.45, 7) is 2.26. The minimum Gasteiger partial charge on any atom is -0.493 e. The fraction of sp³-hybridized carbons (Fsp3) is 0.250. The van der Waals surface area contributed by atoms with Crippen LogP contribution in [0, 0.1) is 0 Å². The monoisotopic (exact) mass is 429 g/mol. The van der Waals surface area contributed by atoms with Gasteiger partial charge in [0, 0.05) is 39.0 Å². The summed E-state index contributed by atoms with van der Waals surface area (Å²) < 4.78 is 7.83. The van der Waals surface area contributed by atoms with Crippen molar-refractivity contribution in [1.82, 2.24) is 5.32 Å². The molecule has 0 saturated heterocycles. The Morgan fingerprint density at radius 2 is 1.86 bits per heavy atom. The average molecular weight is 432 g/mol. The van der Waals surface area contributed by atoms with Crippen LogP contribution in [0.15, 0.2) is 39.3 Å². The summed E-state index contributed by atoms with van der Waals surface area (Å²) in [7, 11) is 0. The highest BCUT2D eigenvalue weighted by Gasteiger charge is 2.17. The summed E-state index contributed by atoms with van der Waals surface area (Å²) in [6.07, 6.45) is 0.986. The number of nitrogens with one attached hydrogen (secondary N) is 1. The highest BCUT2D eigenvalue weighted by atomic mass is 79.9. The molecule has 0 amide bonds. The number of halogens is 3. The van der Waals surface area contributed by atoms with Gasteiger partial charge < -0.3 is 10.1 Å². The molecule has 1 aliphatic heterocycles. The third-order valence-electron chi connectivity index (χ3n) is 3.47. The van der Waals surface area contributed by atoms with Crippen LogP contribution in [-0.4, -0.2) is 6.61 Å². The van der Waals surface area contributed by atoms with Crippen LogP contribution in [-0.2, 0) is 19.5 Å². The summed E-state index contributed by atoms with van der Waals surface area (Å²) >= 11 is 13.2. The van der Waals surface area contributed by atoms with Gasteiger partial charge in [0.1, 0.15) is 5.75 Å². The molecule has 1 heterocycles. The molecule has 5 heteroatoms. The average Bonchev–Trinajstić information content (AvgIpc) is 2.89. The van der Waals surface area contributed by atoms with Gasteiger partial charge in [0.2, 0.25) is 0 Å². The van der Waals surface area contributed by atoms with Gasteiger partial charge in [-0.1, -0.05) is 49.5 Å². The number of ether oxygens (including phenoxy) is 1. The second-order valence-corrected chi connectivity index (χ2v) is 7.23. The van der Waals surface area contributed by atoms with E-state index in [4.69, 9.17) is 16.3 Å². The van der Waals surface area contributed by atoms with Crippen molar-refractivity contribution < 1.29 is 4.74 Å². The normalized spacial score (nSPS) is 13.1. The lowest BCUT2D eigenvalue weighted by Crippen LogP contribution is -2.13. The molecule has 0 aliphatic carbocycles. The summed E-state index contributed by atoms with van der Waals surface area (Å²) in [5, 5.41) is 4.21. The molecule has 21 heavy (non-hydrogen) atoms. The number of benzene rings is 2. The zero-order valence-corrected chi connectivity index (χ0v) is 15.2. The van der Waals surface area contributed by atoms with Gasteiger partial charge >= 0.3 is 0 Å². The zero-order valence-electron chi connectivity index (χ0n) is 11.3. The van der Waals surface area contributed by atoms with E-state index in [-0.39, 0.29) is 0 Å². The topological polar surface area (TPSA) is 21.3 Å². The third kappa shape index (κ3) is 3.62. The summed E-state index contributed by atoms with van der Waals surface area (Å²) in [4.78, 5) is 0. The largest absolute Gasteiger partial charge is 0.493 e. The maximum Gasteiger partial charge on any atom is 0.127 e. The van der Waals surface area contributed by atoms with E-state index in [1.807, 2.05) is 18.2 Å². The molecule has 0 saturated carbocycles. The van der Waals surface area contributed by atoms with Crippen molar-refractivity contribution in [3.8, 4) is 5.75 Å². The van der Waals surface area contributed by atoms with Crippen molar-refractivity contribution in [3.63, 3.8) is 0 Å². The molecular weight excluding hydrogens is 417 g/mol. The molecule has 1 N–H and O–H groups in total. The van der Waals surface area contributed by atoms with Crippen LogP contribution >= 0.6 is 43.5 Å². The second-order valence-electron chi connectivity index (χ2n) is 4.99. The first-order valence-electron chi connectivity index (χ1n) is 6.72. The predicted molar refractivity (Wildman–Crippen MR) is 93.0 cm³/mol. The standard InChI is InChI=1S/C16H14Br2ClNO/c17-13-2-1-11(15(19)7-13)8-20-9-12-6-14(18)5-10-3-4-21-16(10)12/h1-2,5-7,20H,3-4,8-9H2. The van der Waals surface area contributed by atoms with E-state index in [2.05, 4.69) is 49.3 Å². The quantitative estimate of drug-likeness (QED) is 0.728. The van der Waals surface area contributed by atoms with Gasteiger partial charge in [0.15, 0.2) is 0 Å². The van der Waals surface area contributed by atoms with Crippen molar-refractivity contribution in [3.05, 3.63) is 61.0 Å². The summed E-state index contributed by atoms with van der Waals surface area (Å²) in [5.41, 5.74) is 3.56. The number of fused-ring (bicyclic) bond motifs is 1. The minimum atomic E-state index is 0.730. The van der Waals surface area contributed by atoms with Crippen LogP contribution in [0.2, 0.25) is 5.02 Å². The lowest BCUT2D eigenvalue weighted by molar-refractivity contribution is 0.352. The van der Waals surface area contributed by atoms with Crippen molar-refractivity contribution in [2.45, 2.75) is 19.5 Å². The van der Waals surface area contributed by atoms with E-state index in [0.29, 0.717) is 0 Å². The highest BCUT2D eigenvalue weighted by Crippen LogP contribution is 2.33. The van der Waals surface area contributed by atoms with Crippen LogP contribution in [0.4, 0.5) is 0 Å². The first-order chi connectivity index (χ1) is 10.1. The van der Waals surface area contributed by atoms with Crippen molar-refractivity contribution in [2.24, 2.45) is 0 Å². The van der Waals surface area contributed by atoms with E-state index in [9.17, 15) is 0 Å². The van der Waals surface area contributed by atoms with E-state index < -0.39 is 0 Å². The molecule has 2 nitrogen and oxygen atoms in total. The molecule has 0 unspecified atom stereocenters. The van der Waals surface area contributed by atoms with E-state index in [1.165, 1.54) is 11.1 Å². The first kappa shape index (κ1) is 15.3. The Morgan fingerprint density at radius 3 is 2.67 bits per heavy atom. The van der Waals surface area contributed by atoms with Crippen LogP contribution in [0.1, 0.15) is 16.7 Å². The smallest absolute Gasteiger partial charge is 0.127 e. The molecule has 0 fully saturated rings. The lowest BCUT2D eigenvalue weighted by atomic mass is 10.1. The van der Waals surface area contributed by atoms with Crippen LogP contribution in [0.5, 0.6) is 5.75 Å².